The van der Waals surface area contributed by atoms with Crippen molar-refractivity contribution in [3.8, 4) is 11.6 Å². The number of nitrogens with zero attached hydrogens (tertiary/aromatic N) is 2. The number of alkyl halides is 2. The van der Waals surface area contributed by atoms with Gasteiger partial charge in [0, 0.05) is 6.07 Å². The standard InChI is InChI=1S/C12H10F2N2O2/c1-3-12(13,14)10-11(17)16-9-6-7(18-2)4-5-8(9)15-10/h3-6H,1H2,2H3,(H,16,17). The molecule has 0 saturated heterocycles. The lowest BCUT2D eigenvalue weighted by molar-refractivity contribution is 0.0445. The minimum atomic E-state index is -3.43. The number of methoxy groups -OCH3 is 1. The van der Waals surface area contributed by atoms with Crippen LogP contribution in [0.4, 0.5) is 8.78 Å². The van der Waals surface area contributed by atoms with Gasteiger partial charge in [-0.15, -0.1) is 0 Å². The van der Waals surface area contributed by atoms with E-state index in [9.17, 15) is 13.9 Å². The van der Waals surface area contributed by atoms with E-state index in [-0.39, 0.29) is 11.0 Å². The lowest BCUT2D eigenvalue weighted by Gasteiger charge is -2.12. The molecule has 1 aromatic heterocycles. The monoisotopic (exact) mass is 252 g/mol. The SMILES string of the molecule is C=CC(F)(F)c1nc2ccc(OC)cc2nc1O. The van der Waals surface area contributed by atoms with Crippen LogP contribution < -0.4 is 4.74 Å². The number of fused-ring (bicyclic) bond motifs is 1. The van der Waals surface area contributed by atoms with Crippen LogP contribution in [0.2, 0.25) is 0 Å². The highest BCUT2D eigenvalue weighted by Gasteiger charge is 2.33. The molecule has 0 unspecified atom stereocenters. The van der Waals surface area contributed by atoms with Gasteiger partial charge in [-0.2, -0.15) is 8.78 Å². The lowest BCUT2D eigenvalue weighted by atomic mass is 10.2. The molecule has 1 heterocycles. The van der Waals surface area contributed by atoms with Crippen molar-refractivity contribution in [2.45, 2.75) is 5.92 Å². The maximum Gasteiger partial charge on any atom is 0.313 e. The molecule has 0 spiro atoms. The molecule has 18 heavy (non-hydrogen) atoms. The van der Waals surface area contributed by atoms with Crippen LogP contribution in [0.3, 0.4) is 0 Å². The molecule has 0 aliphatic rings. The van der Waals surface area contributed by atoms with E-state index in [1.54, 1.807) is 6.07 Å². The highest BCUT2D eigenvalue weighted by molar-refractivity contribution is 5.76. The van der Waals surface area contributed by atoms with E-state index in [4.69, 9.17) is 4.74 Å². The van der Waals surface area contributed by atoms with E-state index in [2.05, 4.69) is 16.5 Å². The van der Waals surface area contributed by atoms with Gasteiger partial charge in [-0.05, 0) is 18.2 Å². The van der Waals surface area contributed by atoms with Crippen LogP contribution in [0.15, 0.2) is 30.9 Å². The van der Waals surface area contributed by atoms with Gasteiger partial charge in [0.25, 0.3) is 0 Å². The molecule has 1 N–H and O–H groups in total. The van der Waals surface area contributed by atoms with Gasteiger partial charge >= 0.3 is 5.92 Å². The molecule has 0 amide bonds. The van der Waals surface area contributed by atoms with Gasteiger partial charge in [-0.1, -0.05) is 6.58 Å². The largest absolute Gasteiger partial charge is 0.497 e. The molecule has 1 aromatic carbocycles. The second-order valence-corrected chi connectivity index (χ2v) is 3.58. The van der Waals surface area contributed by atoms with Crippen molar-refractivity contribution < 1.29 is 18.6 Å². The number of aromatic hydroxyl groups is 1. The predicted molar refractivity (Wildman–Crippen MR) is 61.8 cm³/mol. The number of hydrogen-bond donors (Lipinski definition) is 1. The number of halogens is 2. The Morgan fingerprint density at radius 3 is 2.67 bits per heavy atom. The van der Waals surface area contributed by atoms with Gasteiger partial charge in [0.15, 0.2) is 5.69 Å². The quantitative estimate of drug-likeness (QED) is 0.853. The van der Waals surface area contributed by atoms with E-state index in [0.29, 0.717) is 11.8 Å². The van der Waals surface area contributed by atoms with Gasteiger partial charge in [0.2, 0.25) is 5.88 Å². The Kier molecular flexibility index (Phi) is 2.86. The van der Waals surface area contributed by atoms with Crippen LogP contribution in [0.25, 0.3) is 11.0 Å². The molecule has 4 nitrogen and oxygen atoms in total. The van der Waals surface area contributed by atoms with Crippen molar-refractivity contribution in [2.24, 2.45) is 0 Å². The summed E-state index contributed by atoms with van der Waals surface area (Å²) in [6.45, 7) is 3.01. The van der Waals surface area contributed by atoms with Crippen LogP contribution in [0.1, 0.15) is 5.69 Å². The fourth-order valence-electron chi connectivity index (χ4n) is 1.47. The number of hydrogen-bond acceptors (Lipinski definition) is 4. The summed E-state index contributed by atoms with van der Waals surface area (Å²) in [7, 11) is 1.47. The summed E-state index contributed by atoms with van der Waals surface area (Å²) in [4.78, 5) is 7.39. The third-order valence-electron chi connectivity index (χ3n) is 2.43. The Morgan fingerprint density at radius 2 is 2.06 bits per heavy atom. The molecular formula is C12H10F2N2O2. The number of benzene rings is 1. The predicted octanol–water partition coefficient (Wildman–Crippen LogP) is 2.62. The maximum absolute atomic E-state index is 13.4. The zero-order valence-corrected chi connectivity index (χ0v) is 9.52. The summed E-state index contributed by atoms with van der Waals surface area (Å²) in [6, 6.07) is 4.56. The summed E-state index contributed by atoms with van der Waals surface area (Å²) in [5.41, 5.74) is -0.296. The zero-order chi connectivity index (χ0) is 13.3. The molecule has 0 aliphatic carbocycles. The van der Waals surface area contributed by atoms with Crippen LogP contribution in [-0.2, 0) is 5.92 Å². The number of allylic oxidation sites excluding steroid dienone is 1. The van der Waals surface area contributed by atoms with Crippen molar-refractivity contribution >= 4 is 11.0 Å². The van der Waals surface area contributed by atoms with Crippen LogP contribution >= 0.6 is 0 Å². The van der Waals surface area contributed by atoms with E-state index < -0.39 is 17.5 Å². The van der Waals surface area contributed by atoms with Crippen molar-refractivity contribution in [3.63, 3.8) is 0 Å². The number of rotatable bonds is 3. The zero-order valence-electron chi connectivity index (χ0n) is 9.52. The van der Waals surface area contributed by atoms with Crippen LogP contribution in [0.5, 0.6) is 11.6 Å². The Hall–Kier alpha value is -2.24. The van der Waals surface area contributed by atoms with Crippen molar-refractivity contribution in [1.82, 2.24) is 9.97 Å². The molecule has 2 aromatic rings. The Bertz CT molecular complexity index is 614. The first-order chi connectivity index (χ1) is 8.47. The highest BCUT2D eigenvalue weighted by Crippen LogP contribution is 2.34. The lowest BCUT2D eigenvalue weighted by Crippen LogP contribution is -2.12. The number of ether oxygens (including phenoxy) is 1. The second-order valence-electron chi connectivity index (χ2n) is 3.58. The first-order valence-corrected chi connectivity index (χ1v) is 5.04. The smallest absolute Gasteiger partial charge is 0.313 e. The molecule has 94 valence electrons. The van der Waals surface area contributed by atoms with Gasteiger partial charge in [-0.3, -0.25) is 0 Å². The molecule has 0 bridgehead atoms. The van der Waals surface area contributed by atoms with Crippen LogP contribution in [0, 0.1) is 0 Å². The summed E-state index contributed by atoms with van der Waals surface area (Å²) in [5, 5.41) is 9.50. The van der Waals surface area contributed by atoms with Crippen molar-refractivity contribution in [2.75, 3.05) is 7.11 Å². The summed E-state index contributed by atoms with van der Waals surface area (Å²) < 4.78 is 31.8. The first-order valence-electron chi connectivity index (χ1n) is 5.04. The van der Waals surface area contributed by atoms with Crippen molar-refractivity contribution in [3.05, 3.63) is 36.5 Å². The second kappa shape index (κ2) is 4.21. The van der Waals surface area contributed by atoms with Gasteiger partial charge < -0.3 is 9.84 Å². The van der Waals surface area contributed by atoms with Crippen molar-refractivity contribution in [1.29, 1.82) is 0 Å². The molecule has 0 radical (unpaired) electrons. The normalized spacial score (nSPS) is 11.5. The number of aromatic nitrogens is 2. The molecule has 0 fully saturated rings. The third-order valence-corrected chi connectivity index (χ3v) is 2.43. The molecule has 2 rings (SSSR count). The van der Waals surface area contributed by atoms with E-state index in [1.807, 2.05) is 0 Å². The Balaban J connectivity index is 2.67. The highest BCUT2D eigenvalue weighted by atomic mass is 19.3. The third kappa shape index (κ3) is 1.97. The summed E-state index contributed by atoms with van der Waals surface area (Å²) >= 11 is 0. The van der Waals surface area contributed by atoms with Gasteiger partial charge in [0.05, 0.1) is 18.1 Å². The van der Waals surface area contributed by atoms with Gasteiger partial charge in [-0.25, -0.2) is 9.97 Å². The average molecular weight is 252 g/mol. The maximum atomic E-state index is 13.4. The fourth-order valence-corrected chi connectivity index (χ4v) is 1.47. The Morgan fingerprint density at radius 1 is 1.33 bits per heavy atom. The van der Waals surface area contributed by atoms with E-state index >= 15 is 0 Å². The Labute approximate surface area is 102 Å². The molecule has 0 aliphatic heterocycles. The van der Waals surface area contributed by atoms with E-state index in [1.165, 1.54) is 19.2 Å². The van der Waals surface area contributed by atoms with Crippen LogP contribution in [-0.4, -0.2) is 22.2 Å². The molecule has 0 saturated carbocycles. The topological polar surface area (TPSA) is 55.2 Å². The molecular weight excluding hydrogens is 242 g/mol. The average Bonchev–Trinajstić information content (AvgIpc) is 2.37. The first kappa shape index (κ1) is 12.2. The minimum absolute atomic E-state index is 0.241. The van der Waals surface area contributed by atoms with Gasteiger partial charge in [0.1, 0.15) is 5.75 Å². The van der Waals surface area contributed by atoms with E-state index in [0.717, 1.165) is 0 Å². The molecule has 6 heteroatoms. The molecule has 0 atom stereocenters. The summed E-state index contributed by atoms with van der Waals surface area (Å²) in [5.74, 6) is -3.74. The summed E-state index contributed by atoms with van der Waals surface area (Å²) in [6.07, 6.45) is 0.409. The minimum Gasteiger partial charge on any atom is -0.497 e. The fraction of sp³-hybridized carbons (Fsp3) is 0.167.